The fraction of sp³-hybridized carbons (Fsp3) is 0.571. The highest BCUT2D eigenvalue weighted by Crippen LogP contribution is 2.20. The van der Waals surface area contributed by atoms with Crippen LogP contribution in [0, 0.1) is 5.92 Å². The van der Waals surface area contributed by atoms with Crippen LogP contribution in [0.5, 0.6) is 0 Å². The van der Waals surface area contributed by atoms with Crippen LogP contribution in [0.3, 0.4) is 0 Å². The molecule has 0 unspecified atom stereocenters. The van der Waals surface area contributed by atoms with E-state index in [4.69, 9.17) is 0 Å². The molecule has 4 rings (SSSR count). The number of benzene rings is 1. The number of amides is 3. The molecule has 2 aromatic rings. The van der Waals surface area contributed by atoms with Crippen molar-refractivity contribution >= 4 is 29.1 Å². The van der Waals surface area contributed by atoms with Crippen molar-refractivity contribution < 1.29 is 14.4 Å². The van der Waals surface area contributed by atoms with Gasteiger partial charge in [0.1, 0.15) is 5.69 Å². The average molecular weight is 526 g/mol. The molecule has 0 radical (unpaired) electrons. The minimum atomic E-state index is -0.255. The fourth-order valence-electron chi connectivity index (χ4n) is 5.06. The van der Waals surface area contributed by atoms with E-state index in [1.807, 2.05) is 47.2 Å². The van der Waals surface area contributed by atoms with Crippen LogP contribution in [0.25, 0.3) is 0 Å². The van der Waals surface area contributed by atoms with Crippen molar-refractivity contribution in [1.29, 1.82) is 0 Å². The Kier molecular flexibility index (Phi) is 9.68. The molecule has 0 aliphatic carbocycles. The third-order valence-electron chi connectivity index (χ3n) is 7.01. The van der Waals surface area contributed by atoms with E-state index in [1.54, 1.807) is 0 Å². The molecule has 1 aromatic heterocycles. The second-order valence-electron chi connectivity index (χ2n) is 10.5. The Morgan fingerprint density at radius 3 is 2.68 bits per heavy atom. The van der Waals surface area contributed by atoms with Gasteiger partial charge < -0.3 is 20.4 Å². The molecule has 3 heterocycles. The number of nitrogens with one attached hydrogen (secondary N) is 2. The largest absolute Gasteiger partial charge is 0.355 e. The van der Waals surface area contributed by atoms with Crippen LogP contribution < -0.4 is 10.6 Å². The maximum absolute atomic E-state index is 13.5. The predicted octanol–water partition coefficient (Wildman–Crippen LogP) is 3.08. The van der Waals surface area contributed by atoms with Crippen molar-refractivity contribution in [1.82, 2.24) is 25.4 Å². The number of fused-ring (bicyclic) bond motifs is 2. The summed E-state index contributed by atoms with van der Waals surface area (Å²) < 4.78 is 0. The SMILES string of the molecule is CC(C)CC(=O)N1CCCN(C(=O)c2csc(Cc3ccccc3)n2)CCCCNC(=O)[C@@H]2C[C@H]1CN2. The van der Waals surface area contributed by atoms with Gasteiger partial charge in [0.05, 0.1) is 11.0 Å². The highest BCUT2D eigenvalue weighted by molar-refractivity contribution is 7.09. The van der Waals surface area contributed by atoms with Gasteiger partial charge in [0.15, 0.2) is 0 Å². The van der Waals surface area contributed by atoms with Crippen LogP contribution in [0.15, 0.2) is 35.7 Å². The van der Waals surface area contributed by atoms with Gasteiger partial charge in [-0.15, -0.1) is 11.3 Å². The molecular formula is C28H39N5O3S. The van der Waals surface area contributed by atoms with Crippen molar-refractivity contribution in [3.63, 3.8) is 0 Å². The maximum atomic E-state index is 13.5. The van der Waals surface area contributed by atoms with Gasteiger partial charge >= 0.3 is 0 Å². The van der Waals surface area contributed by atoms with E-state index < -0.39 is 0 Å². The second-order valence-corrected chi connectivity index (χ2v) is 11.4. The standard InChI is InChI=1S/C28H39N5O3S/c1-20(2)15-26(34)33-14-8-13-32(12-7-6-11-29-27(35)23-17-22(33)18-30-23)28(36)24-19-37-25(31-24)16-21-9-4-3-5-10-21/h3-5,9-10,19-20,22-23,30H,6-8,11-18H2,1-2H3,(H,29,35)/t22-,23-/m0/s1. The van der Waals surface area contributed by atoms with Gasteiger partial charge in [-0.3, -0.25) is 14.4 Å². The van der Waals surface area contributed by atoms with Crippen molar-refractivity contribution in [3.8, 4) is 0 Å². The van der Waals surface area contributed by atoms with Crippen LogP contribution >= 0.6 is 11.3 Å². The number of carbonyl (C=O) groups is 3. The van der Waals surface area contributed by atoms with E-state index in [0.29, 0.717) is 64.1 Å². The lowest BCUT2D eigenvalue weighted by molar-refractivity contribution is -0.134. The molecule has 9 heteroatoms. The predicted molar refractivity (Wildman–Crippen MR) is 145 cm³/mol. The monoisotopic (exact) mass is 525 g/mol. The Hall–Kier alpha value is -2.78. The summed E-state index contributed by atoms with van der Waals surface area (Å²) >= 11 is 1.52. The summed E-state index contributed by atoms with van der Waals surface area (Å²) in [6.07, 6.45) is 4.12. The molecule has 2 bridgehead atoms. The third-order valence-corrected chi connectivity index (χ3v) is 7.85. The third kappa shape index (κ3) is 7.61. The van der Waals surface area contributed by atoms with Crippen molar-refractivity contribution in [2.45, 2.75) is 64.5 Å². The first-order valence-corrected chi connectivity index (χ1v) is 14.4. The van der Waals surface area contributed by atoms with Crippen LogP contribution in [0.2, 0.25) is 0 Å². The van der Waals surface area contributed by atoms with Crippen LogP contribution in [-0.2, 0) is 16.0 Å². The maximum Gasteiger partial charge on any atom is 0.273 e. The lowest BCUT2D eigenvalue weighted by Gasteiger charge is -2.31. The highest BCUT2D eigenvalue weighted by Gasteiger charge is 2.35. The van der Waals surface area contributed by atoms with Gasteiger partial charge in [-0.05, 0) is 37.2 Å². The fourth-order valence-corrected chi connectivity index (χ4v) is 5.87. The number of hydrogen-bond donors (Lipinski definition) is 2. The Bertz CT molecular complexity index is 1060. The molecule has 2 N–H and O–H groups in total. The molecule has 2 saturated heterocycles. The normalized spacial score (nSPS) is 21.5. The molecule has 200 valence electrons. The molecule has 8 nitrogen and oxygen atoms in total. The minimum absolute atomic E-state index is 0.00262. The Morgan fingerprint density at radius 1 is 1.11 bits per heavy atom. The van der Waals surface area contributed by atoms with Crippen molar-refractivity contribution in [2.75, 3.05) is 32.7 Å². The molecule has 37 heavy (non-hydrogen) atoms. The molecular weight excluding hydrogens is 486 g/mol. The molecule has 1 aromatic carbocycles. The first-order valence-electron chi connectivity index (χ1n) is 13.5. The Balaban J connectivity index is 1.45. The summed E-state index contributed by atoms with van der Waals surface area (Å²) in [6, 6.07) is 9.88. The zero-order chi connectivity index (χ0) is 26.2. The molecule has 0 spiro atoms. The summed E-state index contributed by atoms with van der Waals surface area (Å²) in [6.45, 7) is 7.05. The summed E-state index contributed by atoms with van der Waals surface area (Å²) in [4.78, 5) is 47.7. The zero-order valence-corrected chi connectivity index (χ0v) is 22.8. The quantitative estimate of drug-likeness (QED) is 0.626. The smallest absolute Gasteiger partial charge is 0.273 e. The molecule has 2 aliphatic heterocycles. The van der Waals surface area contributed by atoms with Gasteiger partial charge in [0, 0.05) is 57.0 Å². The lowest BCUT2D eigenvalue weighted by atomic mass is 10.1. The highest BCUT2D eigenvalue weighted by atomic mass is 32.1. The first kappa shape index (κ1) is 27.3. The number of hydrogen-bond acceptors (Lipinski definition) is 6. The zero-order valence-electron chi connectivity index (χ0n) is 21.9. The number of rotatable bonds is 5. The van der Waals surface area contributed by atoms with Gasteiger partial charge in [-0.25, -0.2) is 4.98 Å². The Morgan fingerprint density at radius 2 is 1.89 bits per heavy atom. The minimum Gasteiger partial charge on any atom is -0.355 e. The summed E-state index contributed by atoms with van der Waals surface area (Å²) in [7, 11) is 0. The van der Waals surface area contributed by atoms with E-state index in [1.165, 1.54) is 16.9 Å². The number of carbonyl (C=O) groups excluding carboxylic acids is 3. The van der Waals surface area contributed by atoms with Gasteiger partial charge in [-0.2, -0.15) is 0 Å². The van der Waals surface area contributed by atoms with E-state index in [0.717, 1.165) is 17.8 Å². The first-order chi connectivity index (χ1) is 17.9. The van der Waals surface area contributed by atoms with E-state index >= 15 is 0 Å². The molecule has 2 atom stereocenters. The van der Waals surface area contributed by atoms with E-state index in [9.17, 15) is 14.4 Å². The molecule has 2 fully saturated rings. The van der Waals surface area contributed by atoms with Crippen molar-refractivity contribution in [3.05, 3.63) is 52.0 Å². The molecule has 3 amide bonds. The van der Waals surface area contributed by atoms with Crippen molar-refractivity contribution in [2.24, 2.45) is 5.92 Å². The Labute approximate surface area is 223 Å². The van der Waals surface area contributed by atoms with Gasteiger partial charge in [0.2, 0.25) is 11.8 Å². The number of nitrogens with zero attached hydrogens (tertiary/aromatic N) is 3. The topological polar surface area (TPSA) is 94.6 Å². The summed E-state index contributed by atoms with van der Waals surface area (Å²) in [5, 5.41) is 9.11. The molecule has 0 saturated carbocycles. The van der Waals surface area contributed by atoms with E-state index in [2.05, 4.69) is 27.8 Å². The van der Waals surface area contributed by atoms with Gasteiger partial charge in [-0.1, -0.05) is 44.2 Å². The van der Waals surface area contributed by atoms with E-state index in [-0.39, 0.29) is 35.7 Å². The summed E-state index contributed by atoms with van der Waals surface area (Å²) in [5.74, 6) is 0.325. The van der Waals surface area contributed by atoms with Crippen LogP contribution in [0.4, 0.5) is 0 Å². The number of thiazole rings is 1. The summed E-state index contributed by atoms with van der Waals surface area (Å²) in [5.41, 5.74) is 1.66. The second kappa shape index (κ2) is 13.1. The van der Waals surface area contributed by atoms with Gasteiger partial charge in [0.25, 0.3) is 5.91 Å². The molecule has 2 aliphatic rings. The average Bonchev–Trinajstić information content (AvgIpc) is 3.54. The lowest BCUT2D eigenvalue weighted by Crippen LogP contribution is -2.44. The number of aromatic nitrogens is 1. The van der Waals surface area contributed by atoms with Crippen LogP contribution in [-0.4, -0.2) is 77.3 Å². The van der Waals surface area contributed by atoms with Crippen LogP contribution in [0.1, 0.15) is 67.0 Å².